The van der Waals surface area contributed by atoms with Crippen LogP contribution in [-0.2, 0) is 19.6 Å². The van der Waals surface area contributed by atoms with Crippen molar-refractivity contribution in [2.45, 2.75) is 76.7 Å². The molecule has 0 atom stereocenters. The third kappa shape index (κ3) is 8.49. The third-order valence-corrected chi connectivity index (χ3v) is 5.15. The minimum atomic E-state index is -1.02. The van der Waals surface area contributed by atoms with Crippen molar-refractivity contribution in [2.24, 2.45) is 0 Å². The highest BCUT2D eigenvalue weighted by molar-refractivity contribution is 5.89. The Bertz CT molecular complexity index is 649. The predicted molar refractivity (Wildman–Crippen MR) is 108 cm³/mol. The molecule has 168 valence electrons. The van der Waals surface area contributed by atoms with Crippen molar-refractivity contribution >= 4 is 12.1 Å². The molecule has 1 aromatic carbocycles. The highest BCUT2D eigenvalue weighted by atomic mass is 17.5. The highest BCUT2D eigenvalue weighted by Crippen LogP contribution is 2.27. The lowest BCUT2D eigenvalue weighted by Gasteiger charge is -2.17. The van der Waals surface area contributed by atoms with Gasteiger partial charge in [0.2, 0.25) is 0 Å². The Labute approximate surface area is 177 Å². The molecule has 0 aromatic heterocycles. The second kappa shape index (κ2) is 13.7. The van der Waals surface area contributed by atoms with Crippen molar-refractivity contribution in [3.8, 4) is 11.5 Å². The van der Waals surface area contributed by atoms with Crippen LogP contribution in [0.3, 0.4) is 0 Å². The molecule has 0 aliphatic heterocycles. The molecule has 2 rings (SSSR count). The number of ether oxygens (including phenoxy) is 3. The van der Waals surface area contributed by atoms with Gasteiger partial charge in [0.05, 0.1) is 24.8 Å². The molecule has 0 radical (unpaired) electrons. The Kier molecular flexibility index (Phi) is 10.9. The molecule has 0 bridgehead atoms. The van der Waals surface area contributed by atoms with E-state index in [2.05, 4.69) is 14.8 Å². The molecule has 0 N–H and O–H groups in total. The quantitative estimate of drug-likeness (QED) is 0.334. The second-order valence-corrected chi connectivity index (χ2v) is 7.34. The van der Waals surface area contributed by atoms with Gasteiger partial charge in [-0.15, -0.1) is 0 Å². The number of hydrogen-bond donors (Lipinski definition) is 0. The van der Waals surface area contributed by atoms with Crippen molar-refractivity contribution in [3.63, 3.8) is 0 Å². The van der Waals surface area contributed by atoms with E-state index in [1.807, 2.05) is 0 Å². The molecular weight excluding hydrogens is 392 g/mol. The standard InChI is InChI=1S/C22H32O8/c1-25-19-15-14-17(16-20(19)26-2)21(23)28-30-29-22(24)27-18-12-10-8-6-4-3-5-7-9-11-13-18/h14-16,18H,3-13H2,1-2H3. The Balaban J connectivity index is 1.75. The fraction of sp³-hybridized carbons (Fsp3) is 0.636. The molecule has 0 saturated heterocycles. The van der Waals surface area contributed by atoms with E-state index in [9.17, 15) is 9.59 Å². The Morgan fingerprint density at radius 1 is 0.767 bits per heavy atom. The number of hydrogen-bond acceptors (Lipinski definition) is 8. The molecule has 0 unspecified atom stereocenters. The van der Waals surface area contributed by atoms with Gasteiger partial charge < -0.3 is 14.2 Å². The number of carbonyl (C=O) groups is 2. The lowest BCUT2D eigenvalue weighted by molar-refractivity contribution is -0.453. The van der Waals surface area contributed by atoms with Crippen LogP contribution >= 0.6 is 0 Å². The fourth-order valence-electron chi connectivity index (χ4n) is 3.49. The lowest BCUT2D eigenvalue weighted by Crippen LogP contribution is -2.20. The predicted octanol–water partition coefficient (Wildman–Crippen LogP) is 5.53. The van der Waals surface area contributed by atoms with Crippen LogP contribution in [0.15, 0.2) is 18.2 Å². The summed E-state index contributed by atoms with van der Waals surface area (Å²) in [6, 6.07) is 4.44. The van der Waals surface area contributed by atoms with E-state index in [-0.39, 0.29) is 11.7 Å². The number of carbonyl (C=O) groups excluding carboxylic acids is 2. The molecular formula is C22H32O8. The summed E-state index contributed by atoms with van der Waals surface area (Å²) in [4.78, 5) is 32.9. The van der Waals surface area contributed by atoms with Gasteiger partial charge in [-0.25, -0.2) is 14.5 Å². The van der Waals surface area contributed by atoms with Crippen molar-refractivity contribution in [1.82, 2.24) is 0 Å². The van der Waals surface area contributed by atoms with E-state index in [1.54, 1.807) is 6.07 Å². The Morgan fingerprint density at radius 3 is 1.90 bits per heavy atom. The zero-order valence-corrected chi connectivity index (χ0v) is 17.9. The fourth-order valence-corrected chi connectivity index (χ4v) is 3.49. The minimum absolute atomic E-state index is 0.143. The molecule has 8 nitrogen and oxygen atoms in total. The van der Waals surface area contributed by atoms with Crippen molar-refractivity contribution < 1.29 is 38.6 Å². The zero-order chi connectivity index (χ0) is 21.6. The molecule has 30 heavy (non-hydrogen) atoms. The first kappa shape index (κ1) is 23.8. The van der Waals surface area contributed by atoms with Gasteiger partial charge >= 0.3 is 12.1 Å². The Hall–Kier alpha value is -2.48. The smallest absolute Gasteiger partial charge is 0.493 e. The molecule has 0 amide bonds. The molecule has 1 saturated carbocycles. The van der Waals surface area contributed by atoms with Gasteiger partial charge in [0.25, 0.3) is 0 Å². The van der Waals surface area contributed by atoms with Crippen LogP contribution in [0, 0.1) is 0 Å². The average Bonchev–Trinajstić information content (AvgIpc) is 2.75. The maximum Gasteiger partial charge on any atom is 0.543 e. The maximum atomic E-state index is 12.0. The van der Waals surface area contributed by atoms with E-state index in [1.165, 1.54) is 58.5 Å². The number of benzene rings is 1. The van der Waals surface area contributed by atoms with Crippen LogP contribution in [-0.4, -0.2) is 32.4 Å². The zero-order valence-electron chi connectivity index (χ0n) is 17.9. The van der Waals surface area contributed by atoms with Gasteiger partial charge in [-0.2, -0.15) is 0 Å². The summed E-state index contributed by atoms with van der Waals surface area (Å²) in [5.74, 6) is -0.0311. The van der Waals surface area contributed by atoms with E-state index < -0.39 is 12.1 Å². The first-order valence-corrected chi connectivity index (χ1v) is 10.6. The SMILES string of the molecule is COc1ccc(C(=O)OOOC(=O)OC2CCCCCCCCCCC2)cc1OC. The van der Waals surface area contributed by atoms with Crippen LogP contribution in [0.25, 0.3) is 0 Å². The van der Waals surface area contributed by atoms with Gasteiger partial charge in [-0.05, 0) is 43.9 Å². The normalized spacial score (nSPS) is 16.5. The summed E-state index contributed by atoms with van der Waals surface area (Å²) in [5, 5.41) is 4.32. The van der Waals surface area contributed by atoms with Gasteiger partial charge in [0, 0.05) is 0 Å². The van der Waals surface area contributed by atoms with Crippen molar-refractivity contribution in [2.75, 3.05) is 14.2 Å². The second-order valence-electron chi connectivity index (χ2n) is 7.34. The van der Waals surface area contributed by atoms with E-state index >= 15 is 0 Å². The molecule has 1 fully saturated rings. The van der Waals surface area contributed by atoms with E-state index in [0.717, 1.165) is 38.5 Å². The average molecular weight is 424 g/mol. The summed E-state index contributed by atoms with van der Waals surface area (Å²) in [6.07, 6.45) is 10.9. The molecule has 1 aromatic rings. The minimum Gasteiger partial charge on any atom is -0.493 e. The van der Waals surface area contributed by atoms with Crippen molar-refractivity contribution in [1.29, 1.82) is 0 Å². The number of methoxy groups -OCH3 is 2. The van der Waals surface area contributed by atoms with Gasteiger partial charge in [0.1, 0.15) is 6.10 Å². The third-order valence-electron chi connectivity index (χ3n) is 5.15. The number of rotatable bonds is 6. The van der Waals surface area contributed by atoms with Crippen LogP contribution in [0.1, 0.15) is 81.0 Å². The lowest BCUT2D eigenvalue weighted by atomic mass is 9.99. The summed E-state index contributed by atoms with van der Waals surface area (Å²) >= 11 is 0. The van der Waals surface area contributed by atoms with Gasteiger partial charge in [-0.1, -0.05) is 44.9 Å². The van der Waals surface area contributed by atoms with E-state index in [4.69, 9.17) is 14.2 Å². The van der Waals surface area contributed by atoms with Crippen molar-refractivity contribution in [3.05, 3.63) is 23.8 Å². The van der Waals surface area contributed by atoms with Crippen LogP contribution in [0.5, 0.6) is 11.5 Å². The Morgan fingerprint density at radius 2 is 1.33 bits per heavy atom. The molecule has 0 spiro atoms. The van der Waals surface area contributed by atoms with Crippen LogP contribution in [0.2, 0.25) is 0 Å². The maximum absolute atomic E-state index is 12.0. The van der Waals surface area contributed by atoms with Crippen LogP contribution < -0.4 is 9.47 Å². The molecule has 1 aliphatic carbocycles. The summed E-state index contributed by atoms with van der Waals surface area (Å²) < 4.78 is 15.6. The summed E-state index contributed by atoms with van der Waals surface area (Å²) in [5.41, 5.74) is 0.143. The van der Waals surface area contributed by atoms with Crippen LogP contribution in [0.4, 0.5) is 4.79 Å². The summed E-state index contributed by atoms with van der Waals surface area (Å²) in [6.45, 7) is 0. The topological polar surface area (TPSA) is 89.5 Å². The van der Waals surface area contributed by atoms with Gasteiger partial charge in [-0.3, -0.25) is 4.89 Å². The van der Waals surface area contributed by atoms with E-state index in [0.29, 0.717) is 11.5 Å². The largest absolute Gasteiger partial charge is 0.543 e. The molecule has 1 aliphatic rings. The monoisotopic (exact) mass is 424 g/mol. The first-order chi connectivity index (χ1) is 14.6. The van der Waals surface area contributed by atoms with Gasteiger partial charge in [0.15, 0.2) is 11.5 Å². The highest BCUT2D eigenvalue weighted by Gasteiger charge is 2.19. The molecule has 0 heterocycles. The summed E-state index contributed by atoms with van der Waals surface area (Å²) in [7, 11) is 2.94. The first-order valence-electron chi connectivity index (χ1n) is 10.6. The molecule has 8 heteroatoms.